The number of nitrogens with zero attached hydrogens (tertiary/aromatic N) is 1. The molecule has 0 aromatic heterocycles. The molecule has 0 aliphatic rings. The van der Waals surface area contributed by atoms with Gasteiger partial charge < -0.3 is 25.6 Å². The number of hydrogen-bond acceptors (Lipinski definition) is 6. The van der Waals surface area contributed by atoms with Gasteiger partial charge in [0.05, 0.1) is 18.6 Å². The standard InChI is InChI=1S/C18H23N3O6/c1-12(9-19)7-15(17(24)25)21-16(23)8-14(22)10-20-18(26)27-11-13-5-3-2-4-6-13/h2-6,12,14-15,22H,7-8,10-11H2,1H3,(H,20,26)(H,21,23)(H,24,25)/t12-,14+,15+/m1/s1. The van der Waals surface area contributed by atoms with Crippen LogP contribution in [0, 0.1) is 17.2 Å². The normalized spacial score (nSPS) is 13.5. The fourth-order valence-corrected chi connectivity index (χ4v) is 2.14. The largest absolute Gasteiger partial charge is 0.480 e. The lowest BCUT2D eigenvalue weighted by Gasteiger charge is -2.17. The molecule has 0 heterocycles. The summed E-state index contributed by atoms with van der Waals surface area (Å²) in [4.78, 5) is 34.5. The van der Waals surface area contributed by atoms with E-state index < -0.39 is 42.5 Å². The van der Waals surface area contributed by atoms with Gasteiger partial charge in [-0.1, -0.05) is 30.3 Å². The molecule has 1 aromatic rings. The first kappa shape index (κ1) is 21.9. The molecule has 0 radical (unpaired) electrons. The maximum atomic E-state index is 11.8. The van der Waals surface area contributed by atoms with E-state index in [4.69, 9.17) is 15.1 Å². The Morgan fingerprint density at radius 2 is 1.93 bits per heavy atom. The van der Waals surface area contributed by atoms with Gasteiger partial charge >= 0.3 is 12.1 Å². The summed E-state index contributed by atoms with van der Waals surface area (Å²) < 4.78 is 4.97. The summed E-state index contributed by atoms with van der Waals surface area (Å²) in [6.45, 7) is 1.38. The van der Waals surface area contributed by atoms with Crippen molar-refractivity contribution in [1.82, 2.24) is 10.6 Å². The van der Waals surface area contributed by atoms with Crippen LogP contribution in [0.1, 0.15) is 25.3 Å². The van der Waals surface area contributed by atoms with Crippen LogP contribution in [-0.2, 0) is 20.9 Å². The highest BCUT2D eigenvalue weighted by Gasteiger charge is 2.23. The zero-order valence-electron chi connectivity index (χ0n) is 14.9. The maximum Gasteiger partial charge on any atom is 0.407 e. The quantitative estimate of drug-likeness (QED) is 0.471. The van der Waals surface area contributed by atoms with Gasteiger partial charge in [0.2, 0.25) is 5.91 Å². The van der Waals surface area contributed by atoms with Gasteiger partial charge in [0.1, 0.15) is 12.6 Å². The van der Waals surface area contributed by atoms with Gasteiger partial charge in [-0.15, -0.1) is 0 Å². The Kier molecular flexibility index (Phi) is 9.33. The number of aliphatic carboxylic acids is 1. The zero-order valence-corrected chi connectivity index (χ0v) is 14.9. The number of ether oxygens (including phenoxy) is 1. The number of carbonyl (C=O) groups is 3. The van der Waals surface area contributed by atoms with Crippen LogP contribution in [0.3, 0.4) is 0 Å². The molecular formula is C18H23N3O6. The number of aliphatic hydroxyl groups is 1. The van der Waals surface area contributed by atoms with Gasteiger partial charge in [-0.05, 0) is 18.9 Å². The minimum Gasteiger partial charge on any atom is -0.480 e. The number of amides is 2. The molecule has 4 N–H and O–H groups in total. The van der Waals surface area contributed by atoms with Crippen molar-refractivity contribution in [3.05, 3.63) is 35.9 Å². The third-order valence-corrected chi connectivity index (χ3v) is 3.56. The highest BCUT2D eigenvalue weighted by atomic mass is 16.5. The van der Waals surface area contributed by atoms with Crippen molar-refractivity contribution in [2.24, 2.45) is 5.92 Å². The van der Waals surface area contributed by atoms with Crippen molar-refractivity contribution in [3.8, 4) is 6.07 Å². The molecule has 3 atom stereocenters. The Hall–Kier alpha value is -3.12. The van der Waals surface area contributed by atoms with Gasteiger partial charge in [-0.3, -0.25) is 4.79 Å². The molecule has 0 unspecified atom stereocenters. The van der Waals surface area contributed by atoms with E-state index in [1.54, 1.807) is 31.2 Å². The molecular weight excluding hydrogens is 354 g/mol. The van der Waals surface area contributed by atoms with Crippen LogP contribution in [0.2, 0.25) is 0 Å². The molecule has 27 heavy (non-hydrogen) atoms. The summed E-state index contributed by atoms with van der Waals surface area (Å²) >= 11 is 0. The summed E-state index contributed by atoms with van der Waals surface area (Å²) in [5.41, 5.74) is 0.805. The van der Waals surface area contributed by atoms with E-state index >= 15 is 0 Å². The lowest BCUT2D eigenvalue weighted by atomic mass is 10.0. The number of carboxylic acids is 1. The van der Waals surface area contributed by atoms with E-state index in [2.05, 4.69) is 10.6 Å². The number of carboxylic acid groups (broad SMARTS) is 1. The second-order valence-electron chi connectivity index (χ2n) is 6.02. The van der Waals surface area contributed by atoms with Crippen LogP contribution in [0.25, 0.3) is 0 Å². The van der Waals surface area contributed by atoms with Crippen LogP contribution in [0.15, 0.2) is 30.3 Å². The Morgan fingerprint density at radius 3 is 2.52 bits per heavy atom. The molecule has 0 bridgehead atoms. The van der Waals surface area contributed by atoms with Crippen LogP contribution < -0.4 is 10.6 Å². The summed E-state index contributed by atoms with van der Waals surface area (Å²) in [6.07, 6.45) is -2.40. The minimum absolute atomic E-state index is 0.0439. The molecule has 2 amide bonds. The number of nitriles is 1. The second-order valence-corrected chi connectivity index (χ2v) is 6.02. The number of nitrogens with one attached hydrogen (secondary N) is 2. The van der Waals surface area contributed by atoms with Crippen molar-refractivity contribution < 1.29 is 29.3 Å². The molecule has 9 nitrogen and oxygen atoms in total. The lowest BCUT2D eigenvalue weighted by molar-refractivity contribution is -0.142. The van der Waals surface area contributed by atoms with E-state index in [9.17, 15) is 19.5 Å². The topological polar surface area (TPSA) is 149 Å². The third-order valence-electron chi connectivity index (χ3n) is 3.56. The molecule has 0 aliphatic heterocycles. The van der Waals surface area contributed by atoms with Crippen LogP contribution >= 0.6 is 0 Å². The molecule has 0 saturated carbocycles. The fraction of sp³-hybridized carbons (Fsp3) is 0.444. The minimum atomic E-state index is -1.26. The third kappa shape index (κ3) is 9.23. The highest BCUT2D eigenvalue weighted by molar-refractivity contribution is 5.83. The van der Waals surface area contributed by atoms with Crippen molar-refractivity contribution >= 4 is 18.0 Å². The number of alkyl carbamates (subject to hydrolysis) is 1. The number of hydrogen-bond donors (Lipinski definition) is 4. The van der Waals surface area contributed by atoms with Gasteiger partial charge in [-0.2, -0.15) is 5.26 Å². The van der Waals surface area contributed by atoms with Crippen LogP contribution in [0.4, 0.5) is 4.79 Å². The first-order valence-corrected chi connectivity index (χ1v) is 8.36. The van der Waals surface area contributed by atoms with E-state index in [1.807, 2.05) is 12.1 Å². The average molecular weight is 377 g/mol. The van der Waals surface area contributed by atoms with Crippen LogP contribution in [0.5, 0.6) is 0 Å². The number of rotatable bonds is 10. The van der Waals surface area contributed by atoms with Crippen molar-refractivity contribution in [2.45, 2.75) is 38.5 Å². The van der Waals surface area contributed by atoms with Crippen LogP contribution in [-0.4, -0.2) is 46.9 Å². The molecule has 0 saturated heterocycles. The van der Waals surface area contributed by atoms with Gasteiger partial charge in [0.15, 0.2) is 0 Å². The first-order valence-electron chi connectivity index (χ1n) is 8.36. The van der Waals surface area contributed by atoms with Crippen molar-refractivity contribution in [1.29, 1.82) is 5.26 Å². The van der Waals surface area contributed by atoms with Crippen molar-refractivity contribution in [3.63, 3.8) is 0 Å². The van der Waals surface area contributed by atoms with E-state index in [-0.39, 0.29) is 19.6 Å². The monoisotopic (exact) mass is 377 g/mol. The average Bonchev–Trinajstić information content (AvgIpc) is 2.64. The SMILES string of the molecule is C[C@@H](C#N)C[C@H](NC(=O)C[C@H](O)CNC(=O)OCc1ccccc1)C(=O)O. The number of aliphatic hydroxyl groups excluding tert-OH is 1. The summed E-state index contributed by atoms with van der Waals surface area (Å²) in [6, 6.07) is 9.70. The number of benzene rings is 1. The zero-order chi connectivity index (χ0) is 20.2. The Labute approximate surface area is 156 Å². The smallest absolute Gasteiger partial charge is 0.407 e. The fourth-order valence-electron chi connectivity index (χ4n) is 2.14. The molecule has 0 aliphatic carbocycles. The summed E-state index contributed by atoms with van der Waals surface area (Å²) in [5.74, 6) is -2.50. The van der Waals surface area contributed by atoms with E-state index in [1.165, 1.54) is 0 Å². The Balaban J connectivity index is 2.32. The first-order chi connectivity index (χ1) is 12.8. The highest BCUT2D eigenvalue weighted by Crippen LogP contribution is 2.06. The molecule has 1 aromatic carbocycles. The second kappa shape index (κ2) is 11.5. The van der Waals surface area contributed by atoms with Gasteiger partial charge in [0, 0.05) is 12.5 Å². The number of carbonyl (C=O) groups excluding carboxylic acids is 2. The Morgan fingerprint density at radius 1 is 1.26 bits per heavy atom. The van der Waals surface area contributed by atoms with Gasteiger partial charge in [0.25, 0.3) is 0 Å². The summed E-state index contributed by atoms with van der Waals surface area (Å²) in [5, 5.41) is 32.2. The molecule has 9 heteroatoms. The van der Waals surface area contributed by atoms with E-state index in [0.717, 1.165) is 5.56 Å². The van der Waals surface area contributed by atoms with E-state index in [0.29, 0.717) is 0 Å². The molecule has 1 rings (SSSR count). The van der Waals surface area contributed by atoms with Gasteiger partial charge in [-0.25, -0.2) is 9.59 Å². The lowest BCUT2D eigenvalue weighted by Crippen LogP contribution is -2.44. The maximum absolute atomic E-state index is 11.8. The summed E-state index contributed by atoms with van der Waals surface area (Å²) in [7, 11) is 0. The molecule has 0 fully saturated rings. The van der Waals surface area contributed by atoms with Crippen molar-refractivity contribution in [2.75, 3.05) is 6.54 Å². The predicted octanol–water partition coefficient (Wildman–Crippen LogP) is 0.783. The Bertz CT molecular complexity index is 673. The molecule has 146 valence electrons. The molecule has 0 spiro atoms. The predicted molar refractivity (Wildman–Crippen MR) is 94.2 cm³/mol.